The second kappa shape index (κ2) is 4.28. The Hall–Kier alpha value is -2.31. The number of methoxy groups -OCH3 is 1. The molecule has 0 aliphatic carbocycles. The van der Waals surface area contributed by atoms with Gasteiger partial charge < -0.3 is 4.74 Å². The summed E-state index contributed by atoms with van der Waals surface area (Å²) in [5.41, 5.74) is 0.0502. The maximum absolute atomic E-state index is 11.4. The number of nitrogens with zero attached hydrogens (tertiary/aromatic N) is 3. The highest BCUT2D eigenvalue weighted by atomic mass is 16.5. The molecule has 88 valence electrons. The van der Waals surface area contributed by atoms with Crippen LogP contribution < -0.4 is 4.90 Å². The maximum atomic E-state index is 11.4. The lowest BCUT2D eigenvalue weighted by atomic mass is 10.3. The number of amides is 1. The number of Topliss-reactive ketones (excluding diaryl/α,β-unsaturated/α-hetero) is 1. The van der Waals surface area contributed by atoms with Crippen LogP contribution >= 0.6 is 0 Å². The van der Waals surface area contributed by atoms with Gasteiger partial charge in [0.05, 0.1) is 32.5 Å². The van der Waals surface area contributed by atoms with Crippen molar-refractivity contribution in [2.24, 2.45) is 0 Å². The van der Waals surface area contributed by atoms with Crippen molar-refractivity contribution in [1.82, 2.24) is 9.97 Å². The fraction of sp³-hybridized carbons (Fsp3) is 0.300. The smallest absolute Gasteiger partial charge is 0.358 e. The molecule has 1 saturated heterocycles. The molecule has 1 aliphatic heterocycles. The molecule has 2 heterocycles. The van der Waals surface area contributed by atoms with E-state index in [1.54, 1.807) is 0 Å². The zero-order valence-electron chi connectivity index (χ0n) is 9.04. The summed E-state index contributed by atoms with van der Waals surface area (Å²) in [6, 6.07) is 0. The third kappa shape index (κ3) is 2.12. The van der Waals surface area contributed by atoms with Crippen LogP contribution in [-0.4, -0.2) is 41.3 Å². The van der Waals surface area contributed by atoms with E-state index in [9.17, 15) is 14.4 Å². The lowest BCUT2D eigenvalue weighted by Crippen LogP contribution is -2.26. The number of esters is 1. The fourth-order valence-electron chi connectivity index (χ4n) is 1.46. The first-order valence-corrected chi connectivity index (χ1v) is 4.84. The quantitative estimate of drug-likeness (QED) is 0.510. The summed E-state index contributed by atoms with van der Waals surface area (Å²) in [4.78, 5) is 42.5. The third-order valence-corrected chi connectivity index (χ3v) is 2.29. The average Bonchev–Trinajstić information content (AvgIpc) is 2.68. The summed E-state index contributed by atoms with van der Waals surface area (Å²) in [5.74, 6) is -0.814. The summed E-state index contributed by atoms with van der Waals surface area (Å²) in [5, 5.41) is 0. The first-order chi connectivity index (χ1) is 8.11. The number of hydrogen-bond acceptors (Lipinski definition) is 6. The predicted octanol–water partition coefficient (Wildman–Crippen LogP) is -0.431. The topological polar surface area (TPSA) is 89.5 Å². The number of carbonyl (C=O) groups is 3. The van der Waals surface area contributed by atoms with Gasteiger partial charge in [-0.2, -0.15) is 0 Å². The maximum Gasteiger partial charge on any atom is 0.358 e. The molecule has 7 nitrogen and oxygen atoms in total. The lowest BCUT2D eigenvalue weighted by Gasteiger charge is -2.12. The molecule has 1 aromatic rings. The van der Waals surface area contributed by atoms with Crippen LogP contribution in [0.1, 0.15) is 16.9 Å². The van der Waals surface area contributed by atoms with E-state index in [-0.39, 0.29) is 36.2 Å². The molecule has 1 aromatic heterocycles. The Balaban J connectivity index is 2.21. The van der Waals surface area contributed by atoms with Gasteiger partial charge in [-0.25, -0.2) is 14.8 Å². The van der Waals surface area contributed by atoms with Gasteiger partial charge >= 0.3 is 5.97 Å². The second-order valence-electron chi connectivity index (χ2n) is 3.45. The van der Waals surface area contributed by atoms with Crippen molar-refractivity contribution in [2.45, 2.75) is 6.42 Å². The standard InChI is InChI=1S/C10H9N3O4/c1-17-10(16)7-3-12-8(4-11-7)13-5-6(14)2-9(13)15/h3-4H,2,5H2,1H3. The van der Waals surface area contributed by atoms with Crippen molar-refractivity contribution >= 4 is 23.5 Å². The van der Waals surface area contributed by atoms with Crippen LogP contribution in [0.4, 0.5) is 5.82 Å². The zero-order valence-corrected chi connectivity index (χ0v) is 9.04. The Kier molecular flexibility index (Phi) is 2.82. The molecule has 1 fully saturated rings. The number of hydrogen-bond donors (Lipinski definition) is 0. The van der Waals surface area contributed by atoms with Gasteiger partial charge in [0.2, 0.25) is 5.91 Å². The van der Waals surface area contributed by atoms with E-state index >= 15 is 0 Å². The van der Waals surface area contributed by atoms with Crippen molar-refractivity contribution in [3.63, 3.8) is 0 Å². The highest BCUT2D eigenvalue weighted by Gasteiger charge is 2.29. The van der Waals surface area contributed by atoms with Gasteiger partial charge in [-0.3, -0.25) is 14.5 Å². The molecular formula is C10H9N3O4. The van der Waals surface area contributed by atoms with Crippen molar-refractivity contribution < 1.29 is 19.1 Å². The fourth-order valence-corrected chi connectivity index (χ4v) is 1.46. The molecule has 0 atom stereocenters. The Labute approximate surface area is 96.4 Å². The van der Waals surface area contributed by atoms with Crippen molar-refractivity contribution in [3.8, 4) is 0 Å². The number of carbonyl (C=O) groups excluding carboxylic acids is 3. The monoisotopic (exact) mass is 235 g/mol. The molecule has 0 spiro atoms. The summed E-state index contributed by atoms with van der Waals surface area (Å²) in [6.07, 6.45) is 2.36. The largest absolute Gasteiger partial charge is 0.464 e. The summed E-state index contributed by atoms with van der Waals surface area (Å²) < 4.78 is 4.46. The van der Waals surface area contributed by atoms with Gasteiger partial charge in [0.1, 0.15) is 0 Å². The van der Waals surface area contributed by atoms with Gasteiger partial charge in [-0.15, -0.1) is 0 Å². The molecule has 0 bridgehead atoms. The van der Waals surface area contributed by atoms with E-state index < -0.39 is 5.97 Å². The molecule has 0 aromatic carbocycles. The average molecular weight is 235 g/mol. The molecule has 1 amide bonds. The molecular weight excluding hydrogens is 226 g/mol. The van der Waals surface area contributed by atoms with Crippen LogP contribution in [-0.2, 0) is 14.3 Å². The lowest BCUT2D eigenvalue weighted by molar-refractivity contribution is -0.121. The zero-order chi connectivity index (χ0) is 12.4. The molecule has 2 rings (SSSR count). The van der Waals surface area contributed by atoms with Gasteiger partial charge in [0.15, 0.2) is 17.3 Å². The molecule has 0 radical (unpaired) electrons. The Morgan fingerprint density at radius 1 is 1.35 bits per heavy atom. The molecule has 17 heavy (non-hydrogen) atoms. The SMILES string of the molecule is COC(=O)c1cnc(N2CC(=O)CC2=O)cn1. The van der Waals surface area contributed by atoms with E-state index in [0.29, 0.717) is 0 Å². The highest BCUT2D eigenvalue weighted by Crippen LogP contribution is 2.15. The normalized spacial score (nSPS) is 15.2. The molecule has 0 unspecified atom stereocenters. The Morgan fingerprint density at radius 2 is 2.12 bits per heavy atom. The number of rotatable bonds is 2. The third-order valence-electron chi connectivity index (χ3n) is 2.29. The van der Waals surface area contributed by atoms with Crippen LogP contribution in [0.5, 0.6) is 0 Å². The van der Waals surface area contributed by atoms with Crippen molar-refractivity contribution in [3.05, 3.63) is 18.1 Å². The number of ketones is 1. The number of aromatic nitrogens is 2. The molecule has 0 N–H and O–H groups in total. The summed E-state index contributed by atoms with van der Waals surface area (Å²) in [7, 11) is 1.24. The van der Waals surface area contributed by atoms with E-state index in [1.807, 2.05) is 0 Å². The second-order valence-corrected chi connectivity index (χ2v) is 3.45. The predicted molar refractivity (Wildman–Crippen MR) is 55.3 cm³/mol. The minimum atomic E-state index is -0.604. The minimum absolute atomic E-state index is 0.00504. The first kappa shape index (κ1) is 11.2. The number of ether oxygens (including phenoxy) is 1. The van der Waals surface area contributed by atoms with E-state index in [4.69, 9.17) is 0 Å². The van der Waals surface area contributed by atoms with Gasteiger partial charge in [-0.1, -0.05) is 0 Å². The van der Waals surface area contributed by atoms with Crippen LogP contribution in [0.3, 0.4) is 0 Å². The van der Waals surface area contributed by atoms with Gasteiger partial charge in [0, 0.05) is 0 Å². The van der Waals surface area contributed by atoms with Crippen LogP contribution in [0, 0.1) is 0 Å². The molecule has 0 saturated carbocycles. The van der Waals surface area contributed by atoms with Crippen LogP contribution in [0.25, 0.3) is 0 Å². The molecule has 1 aliphatic rings. The summed E-state index contributed by atoms with van der Waals surface area (Å²) in [6.45, 7) is 0.00504. The summed E-state index contributed by atoms with van der Waals surface area (Å²) >= 11 is 0. The highest BCUT2D eigenvalue weighted by molar-refractivity contribution is 6.14. The van der Waals surface area contributed by atoms with E-state index in [0.717, 1.165) is 0 Å². The van der Waals surface area contributed by atoms with E-state index in [1.165, 1.54) is 24.4 Å². The minimum Gasteiger partial charge on any atom is -0.464 e. The Morgan fingerprint density at radius 3 is 2.59 bits per heavy atom. The van der Waals surface area contributed by atoms with Crippen molar-refractivity contribution in [2.75, 3.05) is 18.6 Å². The van der Waals surface area contributed by atoms with Gasteiger partial charge in [-0.05, 0) is 0 Å². The van der Waals surface area contributed by atoms with Crippen LogP contribution in [0.15, 0.2) is 12.4 Å². The van der Waals surface area contributed by atoms with Crippen molar-refractivity contribution in [1.29, 1.82) is 0 Å². The van der Waals surface area contributed by atoms with Gasteiger partial charge in [0.25, 0.3) is 0 Å². The Bertz CT molecular complexity index is 483. The van der Waals surface area contributed by atoms with E-state index in [2.05, 4.69) is 14.7 Å². The number of anilines is 1. The first-order valence-electron chi connectivity index (χ1n) is 4.84. The van der Waals surface area contributed by atoms with Crippen LogP contribution in [0.2, 0.25) is 0 Å². The molecule has 7 heteroatoms.